The third-order valence-electron chi connectivity index (χ3n) is 2.78. The van der Waals surface area contributed by atoms with Crippen molar-refractivity contribution in [2.24, 2.45) is 0 Å². The standard InChI is InChI=1S/C16H16O2S/c1-3-18-14-8-4-12(5-9-14)16(17)13-6-10-15(19-2)11-7-13/h4-11H,3H2,1-2H3. The highest BCUT2D eigenvalue weighted by Crippen LogP contribution is 2.18. The zero-order valence-electron chi connectivity index (χ0n) is 11.1. The van der Waals surface area contributed by atoms with Crippen LogP contribution in [0.15, 0.2) is 53.4 Å². The van der Waals surface area contributed by atoms with Gasteiger partial charge in [0.05, 0.1) is 6.61 Å². The molecular weight excluding hydrogens is 256 g/mol. The predicted octanol–water partition coefficient (Wildman–Crippen LogP) is 4.04. The molecule has 0 heterocycles. The fourth-order valence-electron chi connectivity index (χ4n) is 1.78. The summed E-state index contributed by atoms with van der Waals surface area (Å²) in [7, 11) is 0. The molecule has 0 aliphatic carbocycles. The van der Waals surface area contributed by atoms with Gasteiger partial charge in [0.1, 0.15) is 5.75 Å². The van der Waals surface area contributed by atoms with E-state index in [9.17, 15) is 4.79 Å². The quantitative estimate of drug-likeness (QED) is 0.607. The summed E-state index contributed by atoms with van der Waals surface area (Å²) >= 11 is 1.66. The molecule has 0 N–H and O–H groups in total. The Kier molecular flexibility index (Phi) is 4.63. The van der Waals surface area contributed by atoms with E-state index in [4.69, 9.17) is 4.74 Å². The van der Waals surface area contributed by atoms with Gasteiger partial charge in [-0.05, 0) is 61.7 Å². The molecule has 2 nitrogen and oxygen atoms in total. The Morgan fingerprint density at radius 1 is 1.00 bits per heavy atom. The molecule has 0 radical (unpaired) electrons. The van der Waals surface area contributed by atoms with Gasteiger partial charge in [-0.2, -0.15) is 0 Å². The number of benzene rings is 2. The van der Waals surface area contributed by atoms with E-state index in [1.165, 1.54) is 0 Å². The molecule has 3 heteroatoms. The number of carbonyl (C=O) groups is 1. The van der Waals surface area contributed by atoms with E-state index in [-0.39, 0.29) is 5.78 Å². The van der Waals surface area contributed by atoms with Crippen molar-refractivity contribution in [2.45, 2.75) is 11.8 Å². The highest BCUT2D eigenvalue weighted by Gasteiger charge is 2.08. The molecule has 2 aromatic rings. The average Bonchev–Trinajstić information content (AvgIpc) is 2.48. The van der Waals surface area contributed by atoms with Gasteiger partial charge in [0.15, 0.2) is 5.78 Å². The summed E-state index contributed by atoms with van der Waals surface area (Å²) in [6, 6.07) is 14.9. The molecule has 19 heavy (non-hydrogen) atoms. The van der Waals surface area contributed by atoms with E-state index in [0.29, 0.717) is 17.7 Å². The molecule has 2 rings (SSSR count). The minimum atomic E-state index is 0.0377. The molecule has 0 atom stereocenters. The van der Waals surface area contributed by atoms with Crippen molar-refractivity contribution >= 4 is 17.5 Å². The monoisotopic (exact) mass is 272 g/mol. The Morgan fingerprint density at radius 2 is 1.53 bits per heavy atom. The Morgan fingerprint density at radius 3 is 2.00 bits per heavy atom. The van der Waals surface area contributed by atoms with Crippen LogP contribution in [0.1, 0.15) is 22.8 Å². The van der Waals surface area contributed by atoms with Crippen molar-refractivity contribution in [3.8, 4) is 5.75 Å². The maximum absolute atomic E-state index is 12.3. The lowest BCUT2D eigenvalue weighted by atomic mass is 10.0. The molecule has 2 aromatic carbocycles. The topological polar surface area (TPSA) is 26.3 Å². The Hall–Kier alpha value is -1.74. The highest BCUT2D eigenvalue weighted by molar-refractivity contribution is 7.98. The van der Waals surface area contributed by atoms with Crippen molar-refractivity contribution in [3.63, 3.8) is 0 Å². The smallest absolute Gasteiger partial charge is 0.193 e. The third kappa shape index (κ3) is 3.38. The van der Waals surface area contributed by atoms with E-state index in [1.807, 2.05) is 49.6 Å². The molecule has 0 unspecified atom stereocenters. The Balaban J connectivity index is 2.18. The second kappa shape index (κ2) is 6.43. The van der Waals surface area contributed by atoms with E-state index in [2.05, 4.69) is 0 Å². The number of hydrogen-bond acceptors (Lipinski definition) is 3. The average molecular weight is 272 g/mol. The van der Waals surface area contributed by atoms with E-state index < -0.39 is 0 Å². The van der Waals surface area contributed by atoms with Gasteiger partial charge in [-0.3, -0.25) is 4.79 Å². The number of carbonyl (C=O) groups excluding carboxylic acids is 1. The molecule has 0 saturated carbocycles. The van der Waals surface area contributed by atoms with E-state index in [0.717, 1.165) is 10.6 Å². The Labute approximate surface area is 117 Å². The van der Waals surface area contributed by atoms with Gasteiger partial charge in [-0.1, -0.05) is 0 Å². The molecule has 0 fully saturated rings. The van der Waals surface area contributed by atoms with Gasteiger partial charge in [0, 0.05) is 16.0 Å². The van der Waals surface area contributed by atoms with Crippen LogP contribution in [-0.2, 0) is 0 Å². The summed E-state index contributed by atoms with van der Waals surface area (Å²) in [4.78, 5) is 13.4. The molecule has 0 bridgehead atoms. The first-order valence-electron chi connectivity index (χ1n) is 6.16. The second-order valence-electron chi connectivity index (χ2n) is 4.02. The number of thioether (sulfide) groups is 1. The zero-order chi connectivity index (χ0) is 13.7. The molecule has 0 aromatic heterocycles. The second-order valence-corrected chi connectivity index (χ2v) is 4.89. The summed E-state index contributed by atoms with van der Waals surface area (Å²) in [5.41, 5.74) is 1.39. The minimum Gasteiger partial charge on any atom is -0.494 e. The first-order valence-corrected chi connectivity index (χ1v) is 7.38. The van der Waals surface area contributed by atoms with Crippen LogP contribution in [0.3, 0.4) is 0 Å². The summed E-state index contributed by atoms with van der Waals surface area (Å²) in [5.74, 6) is 0.826. The lowest BCUT2D eigenvalue weighted by Gasteiger charge is -2.05. The number of ketones is 1. The summed E-state index contributed by atoms with van der Waals surface area (Å²) in [6.07, 6.45) is 2.02. The highest BCUT2D eigenvalue weighted by atomic mass is 32.2. The molecule has 0 aliphatic heterocycles. The normalized spacial score (nSPS) is 10.2. The summed E-state index contributed by atoms with van der Waals surface area (Å²) in [6.45, 7) is 2.57. The van der Waals surface area contributed by atoms with Crippen molar-refractivity contribution in [1.29, 1.82) is 0 Å². The molecule has 0 amide bonds. The fourth-order valence-corrected chi connectivity index (χ4v) is 2.19. The predicted molar refractivity (Wildman–Crippen MR) is 79.3 cm³/mol. The first kappa shape index (κ1) is 13.7. The fraction of sp³-hybridized carbons (Fsp3) is 0.188. The van der Waals surface area contributed by atoms with Crippen LogP contribution in [0.25, 0.3) is 0 Å². The molecule has 0 aliphatic rings. The van der Waals surface area contributed by atoms with Crippen LogP contribution in [0.4, 0.5) is 0 Å². The Bertz CT molecular complexity index is 544. The van der Waals surface area contributed by atoms with Crippen LogP contribution in [0.2, 0.25) is 0 Å². The van der Waals surface area contributed by atoms with E-state index >= 15 is 0 Å². The molecule has 0 spiro atoms. The third-order valence-corrected chi connectivity index (χ3v) is 3.52. The van der Waals surface area contributed by atoms with Crippen molar-refractivity contribution in [1.82, 2.24) is 0 Å². The van der Waals surface area contributed by atoms with Crippen molar-refractivity contribution in [2.75, 3.05) is 12.9 Å². The van der Waals surface area contributed by atoms with Crippen LogP contribution in [0, 0.1) is 0 Å². The SMILES string of the molecule is CCOc1ccc(C(=O)c2ccc(SC)cc2)cc1. The van der Waals surface area contributed by atoms with Crippen LogP contribution in [-0.4, -0.2) is 18.6 Å². The largest absolute Gasteiger partial charge is 0.494 e. The molecule has 0 saturated heterocycles. The van der Waals surface area contributed by atoms with E-state index in [1.54, 1.807) is 23.9 Å². The minimum absolute atomic E-state index is 0.0377. The van der Waals surface area contributed by atoms with Crippen LogP contribution in [0.5, 0.6) is 5.75 Å². The number of ether oxygens (including phenoxy) is 1. The zero-order valence-corrected chi connectivity index (χ0v) is 11.9. The van der Waals surface area contributed by atoms with Gasteiger partial charge >= 0.3 is 0 Å². The van der Waals surface area contributed by atoms with Crippen molar-refractivity contribution in [3.05, 3.63) is 59.7 Å². The summed E-state index contributed by atoms with van der Waals surface area (Å²) < 4.78 is 5.36. The van der Waals surface area contributed by atoms with Crippen LogP contribution >= 0.6 is 11.8 Å². The van der Waals surface area contributed by atoms with Crippen LogP contribution < -0.4 is 4.74 Å². The van der Waals surface area contributed by atoms with Gasteiger partial charge < -0.3 is 4.74 Å². The first-order chi connectivity index (χ1) is 9.24. The lowest BCUT2D eigenvalue weighted by Crippen LogP contribution is -2.01. The van der Waals surface area contributed by atoms with Gasteiger partial charge in [-0.25, -0.2) is 0 Å². The molecular formula is C16H16O2S. The number of hydrogen-bond donors (Lipinski definition) is 0. The molecule has 98 valence electrons. The van der Waals surface area contributed by atoms with Gasteiger partial charge in [-0.15, -0.1) is 11.8 Å². The maximum atomic E-state index is 12.3. The van der Waals surface area contributed by atoms with Gasteiger partial charge in [0.2, 0.25) is 0 Å². The number of rotatable bonds is 5. The van der Waals surface area contributed by atoms with Crippen molar-refractivity contribution < 1.29 is 9.53 Å². The summed E-state index contributed by atoms with van der Waals surface area (Å²) in [5, 5.41) is 0. The lowest BCUT2D eigenvalue weighted by molar-refractivity contribution is 0.103. The van der Waals surface area contributed by atoms with Gasteiger partial charge in [0.25, 0.3) is 0 Å². The maximum Gasteiger partial charge on any atom is 0.193 e.